The molecule has 0 heterocycles. The second-order valence-corrected chi connectivity index (χ2v) is 9.68. The number of amides is 1. The van der Waals surface area contributed by atoms with Crippen LogP contribution in [0.15, 0.2) is 47.4 Å². The lowest BCUT2D eigenvalue weighted by atomic mass is 10.2. The van der Waals surface area contributed by atoms with Crippen molar-refractivity contribution in [3.63, 3.8) is 0 Å². The lowest BCUT2D eigenvalue weighted by Gasteiger charge is -2.19. The van der Waals surface area contributed by atoms with Gasteiger partial charge in [-0.2, -0.15) is 4.31 Å². The normalized spacial score (nSPS) is 11.6. The molecule has 1 N–H and O–H groups in total. The predicted molar refractivity (Wildman–Crippen MR) is 139 cm³/mol. The van der Waals surface area contributed by atoms with Crippen LogP contribution in [0.25, 0.3) is 6.08 Å². The zero-order chi connectivity index (χ0) is 25.8. The summed E-state index contributed by atoms with van der Waals surface area (Å²) in [6.45, 7) is 7.00. The summed E-state index contributed by atoms with van der Waals surface area (Å²) in [7, 11) is -0.654. The fourth-order valence-corrected chi connectivity index (χ4v) is 4.93. The van der Waals surface area contributed by atoms with Crippen molar-refractivity contribution in [2.75, 3.05) is 39.2 Å². The van der Waals surface area contributed by atoms with Gasteiger partial charge in [0.25, 0.3) is 0 Å². The molecule has 1 amide bonds. The summed E-state index contributed by atoms with van der Waals surface area (Å²) in [6, 6.07) is 9.84. The molecule has 0 unspecified atom stereocenters. The van der Waals surface area contributed by atoms with E-state index in [1.54, 1.807) is 33.1 Å². The molecule has 0 aliphatic heterocycles. The van der Waals surface area contributed by atoms with Gasteiger partial charge in [0.05, 0.1) is 31.4 Å². The SMILES string of the molecule is CCCCCOc1ccc(/C=C/C(=O)Nc2cc(S(=O)(=O)N(CC)CC)ccc2OC)cc1OC. The Morgan fingerprint density at radius 2 is 1.63 bits per heavy atom. The Morgan fingerprint density at radius 1 is 0.943 bits per heavy atom. The van der Waals surface area contributed by atoms with E-state index in [9.17, 15) is 13.2 Å². The number of anilines is 1. The van der Waals surface area contributed by atoms with E-state index < -0.39 is 15.9 Å². The van der Waals surface area contributed by atoms with Crippen molar-refractivity contribution in [2.45, 2.75) is 44.9 Å². The molecule has 0 bridgehead atoms. The average Bonchev–Trinajstić information content (AvgIpc) is 2.86. The Balaban J connectivity index is 2.17. The molecule has 0 spiro atoms. The summed E-state index contributed by atoms with van der Waals surface area (Å²) in [4.78, 5) is 12.7. The zero-order valence-electron chi connectivity index (χ0n) is 21.2. The second kappa shape index (κ2) is 13.7. The monoisotopic (exact) mass is 504 g/mol. The van der Waals surface area contributed by atoms with Crippen molar-refractivity contribution in [3.05, 3.63) is 48.0 Å². The Hall–Kier alpha value is -3.04. The molecule has 0 radical (unpaired) electrons. The number of benzene rings is 2. The summed E-state index contributed by atoms with van der Waals surface area (Å²) in [5, 5.41) is 2.71. The highest BCUT2D eigenvalue weighted by Gasteiger charge is 2.23. The van der Waals surface area contributed by atoms with E-state index in [0.29, 0.717) is 36.9 Å². The van der Waals surface area contributed by atoms with Crippen LogP contribution in [-0.2, 0) is 14.8 Å². The van der Waals surface area contributed by atoms with Gasteiger partial charge in [0.2, 0.25) is 15.9 Å². The lowest BCUT2D eigenvalue weighted by molar-refractivity contribution is -0.111. The summed E-state index contributed by atoms with van der Waals surface area (Å²) in [5.74, 6) is 1.16. The van der Waals surface area contributed by atoms with Crippen LogP contribution in [0.4, 0.5) is 5.69 Å². The van der Waals surface area contributed by atoms with Crippen LogP contribution in [0, 0.1) is 0 Å². The quantitative estimate of drug-likeness (QED) is 0.289. The van der Waals surface area contributed by atoms with Gasteiger partial charge < -0.3 is 19.5 Å². The van der Waals surface area contributed by atoms with Crippen LogP contribution in [0.5, 0.6) is 17.2 Å². The summed E-state index contributed by atoms with van der Waals surface area (Å²) < 4.78 is 43.6. The maximum Gasteiger partial charge on any atom is 0.248 e. The first-order chi connectivity index (χ1) is 16.8. The van der Waals surface area contributed by atoms with Crippen LogP contribution in [0.3, 0.4) is 0 Å². The zero-order valence-corrected chi connectivity index (χ0v) is 22.0. The molecule has 0 aromatic heterocycles. The maximum absolute atomic E-state index is 12.9. The van der Waals surface area contributed by atoms with Crippen LogP contribution in [0.1, 0.15) is 45.6 Å². The topological polar surface area (TPSA) is 94.2 Å². The number of hydrogen-bond donors (Lipinski definition) is 1. The highest BCUT2D eigenvalue weighted by atomic mass is 32.2. The number of nitrogens with zero attached hydrogens (tertiary/aromatic N) is 1. The average molecular weight is 505 g/mol. The number of sulfonamides is 1. The number of hydrogen-bond acceptors (Lipinski definition) is 6. The van der Waals surface area contributed by atoms with E-state index in [1.807, 2.05) is 12.1 Å². The fraction of sp³-hybridized carbons (Fsp3) is 0.423. The summed E-state index contributed by atoms with van der Waals surface area (Å²) in [6.07, 6.45) is 6.20. The summed E-state index contributed by atoms with van der Waals surface area (Å²) >= 11 is 0. The van der Waals surface area contributed by atoms with Gasteiger partial charge in [0.1, 0.15) is 5.75 Å². The van der Waals surface area contributed by atoms with Gasteiger partial charge in [-0.1, -0.05) is 39.7 Å². The van der Waals surface area contributed by atoms with Gasteiger partial charge in [-0.3, -0.25) is 4.79 Å². The third kappa shape index (κ3) is 7.73. The first kappa shape index (κ1) is 28.2. The first-order valence-electron chi connectivity index (χ1n) is 11.8. The third-order valence-corrected chi connectivity index (χ3v) is 7.44. The van der Waals surface area contributed by atoms with E-state index >= 15 is 0 Å². The van der Waals surface area contributed by atoms with Gasteiger partial charge in [0.15, 0.2) is 11.5 Å². The van der Waals surface area contributed by atoms with Gasteiger partial charge in [-0.05, 0) is 48.4 Å². The Labute approximate surface area is 208 Å². The van der Waals surface area contributed by atoms with Crippen molar-refractivity contribution in [2.24, 2.45) is 0 Å². The Morgan fingerprint density at radius 3 is 2.26 bits per heavy atom. The van der Waals surface area contributed by atoms with Gasteiger partial charge >= 0.3 is 0 Å². The first-order valence-corrected chi connectivity index (χ1v) is 13.2. The van der Waals surface area contributed by atoms with E-state index in [0.717, 1.165) is 24.8 Å². The van der Waals surface area contributed by atoms with Crippen LogP contribution in [0.2, 0.25) is 0 Å². The molecular weight excluding hydrogens is 468 g/mol. The van der Waals surface area contributed by atoms with E-state index in [2.05, 4.69) is 12.2 Å². The molecule has 0 aliphatic carbocycles. The van der Waals surface area contributed by atoms with Crippen LogP contribution < -0.4 is 19.5 Å². The third-order valence-electron chi connectivity index (χ3n) is 5.39. The molecule has 0 atom stereocenters. The number of carbonyl (C=O) groups excluding carboxylic acids is 1. The molecule has 35 heavy (non-hydrogen) atoms. The number of methoxy groups -OCH3 is 2. The molecule has 0 aliphatic rings. The largest absolute Gasteiger partial charge is 0.495 e. The van der Waals surface area contributed by atoms with Crippen molar-refractivity contribution < 1.29 is 27.4 Å². The minimum atomic E-state index is -3.68. The Kier molecular flexibility index (Phi) is 11.1. The molecule has 192 valence electrons. The molecule has 0 saturated carbocycles. The molecule has 8 nitrogen and oxygen atoms in total. The predicted octanol–water partition coefficient (Wildman–Crippen LogP) is 4.96. The van der Waals surface area contributed by atoms with E-state index in [1.165, 1.54) is 35.7 Å². The van der Waals surface area contributed by atoms with Crippen LogP contribution >= 0.6 is 0 Å². The molecular formula is C26H36N2O6S. The smallest absolute Gasteiger partial charge is 0.248 e. The summed E-state index contributed by atoms with van der Waals surface area (Å²) in [5.41, 5.74) is 1.02. The van der Waals surface area contributed by atoms with E-state index in [4.69, 9.17) is 14.2 Å². The molecule has 0 fully saturated rings. The molecule has 0 saturated heterocycles. The van der Waals surface area contributed by atoms with Crippen molar-refractivity contribution in [1.82, 2.24) is 4.31 Å². The van der Waals surface area contributed by atoms with Gasteiger partial charge in [-0.15, -0.1) is 0 Å². The molecule has 2 aromatic carbocycles. The standard InChI is InChI=1S/C26H36N2O6S/c1-6-9-10-17-34-24-14-11-20(18-25(24)33-5)12-16-26(29)27-22-19-21(13-15-23(22)32-4)35(30,31)28(7-2)8-3/h11-16,18-19H,6-10,17H2,1-5H3,(H,27,29)/b16-12+. The van der Waals surface area contributed by atoms with Gasteiger partial charge in [-0.25, -0.2) is 8.42 Å². The number of nitrogens with one attached hydrogen (secondary N) is 1. The fourth-order valence-electron chi connectivity index (χ4n) is 3.45. The molecule has 2 aromatic rings. The Bertz CT molecular complexity index is 1110. The van der Waals surface area contributed by atoms with E-state index in [-0.39, 0.29) is 10.6 Å². The van der Waals surface area contributed by atoms with Crippen molar-refractivity contribution in [3.8, 4) is 17.2 Å². The highest BCUT2D eigenvalue weighted by Crippen LogP contribution is 2.30. The van der Waals surface area contributed by atoms with Crippen molar-refractivity contribution >= 4 is 27.7 Å². The molecule has 9 heteroatoms. The second-order valence-electron chi connectivity index (χ2n) is 7.74. The van der Waals surface area contributed by atoms with Gasteiger partial charge in [0, 0.05) is 19.2 Å². The van der Waals surface area contributed by atoms with Crippen LogP contribution in [-0.4, -0.2) is 52.5 Å². The number of carbonyl (C=O) groups is 1. The number of rotatable bonds is 14. The number of unbranched alkanes of at least 4 members (excludes halogenated alkanes) is 2. The molecule has 2 rings (SSSR count). The van der Waals surface area contributed by atoms with Crippen molar-refractivity contribution in [1.29, 1.82) is 0 Å². The maximum atomic E-state index is 12.9. The highest BCUT2D eigenvalue weighted by molar-refractivity contribution is 7.89. The lowest BCUT2D eigenvalue weighted by Crippen LogP contribution is -2.30. The minimum Gasteiger partial charge on any atom is -0.495 e. The minimum absolute atomic E-state index is 0.0838. The number of ether oxygens (including phenoxy) is 3.